The molecule has 3 rings (SSSR count). The molecule has 1 fully saturated rings. The van der Waals surface area contributed by atoms with E-state index >= 15 is 0 Å². The number of rotatable bonds is 6. The van der Waals surface area contributed by atoms with Gasteiger partial charge in [0.1, 0.15) is 5.01 Å². The van der Waals surface area contributed by atoms with Crippen molar-refractivity contribution in [2.45, 2.75) is 38.4 Å². The van der Waals surface area contributed by atoms with Gasteiger partial charge in [0.15, 0.2) is 0 Å². The topological polar surface area (TPSA) is 54.0 Å². The molecule has 2 heterocycles. The van der Waals surface area contributed by atoms with Gasteiger partial charge < -0.3 is 10.6 Å². The average Bonchev–Trinajstić information content (AvgIpc) is 3.14. The van der Waals surface area contributed by atoms with Crippen LogP contribution in [-0.2, 0) is 17.5 Å². The molecule has 4 nitrogen and oxygen atoms in total. The molecule has 1 aromatic carbocycles. The lowest BCUT2D eigenvalue weighted by molar-refractivity contribution is -0.137. The molecular weight excluding hydrogens is 375 g/mol. The summed E-state index contributed by atoms with van der Waals surface area (Å²) in [5.41, 5.74) is 0.672. The van der Waals surface area contributed by atoms with Crippen LogP contribution in [-0.4, -0.2) is 24.0 Å². The van der Waals surface area contributed by atoms with Crippen molar-refractivity contribution < 1.29 is 18.0 Å². The molecule has 0 atom stereocenters. The van der Waals surface area contributed by atoms with Crippen LogP contribution in [0.3, 0.4) is 0 Å². The van der Waals surface area contributed by atoms with E-state index in [1.807, 2.05) is 5.38 Å². The van der Waals surface area contributed by atoms with Crippen molar-refractivity contribution in [2.24, 2.45) is 5.92 Å². The molecule has 8 heteroatoms. The highest BCUT2D eigenvalue weighted by Crippen LogP contribution is 2.31. The number of carbonyl (C=O) groups is 1. The fourth-order valence-electron chi connectivity index (χ4n) is 3.11. The zero-order chi connectivity index (χ0) is 19.3. The molecule has 2 N–H and O–H groups in total. The molecule has 2 aromatic rings. The monoisotopic (exact) mass is 397 g/mol. The summed E-state index contributed by atoms with van der Waals surface area (Å²) in [6, 6.07) is 4.95. The van der Waals surface area contributed by atoms with Crippen molar-refractivity contribution in [3.05, 3.63) is 40.9 Å². The van der Waals surface area contributed by atoms with Crippen molar-refractivity contribution in [3.8, 4) is 10.6 Å². The number of hydrogen-bond donors (Lipinski definition) is 2. The number of nitrogens with zero attached hydrogens (tertiary/aromatic N) is 1. The van der Waals surface area contributed by atoms with Crippen molar-refractivity contribution in [1.82, 2.24) is 15.6 Å². The summed E-state index contributed by atoms with van der Waals surface area (Å²) in [5, 5.41) is 8.65. The second-order valence-electron chi connectivity index (χ2n) is 6.73. The van der Waals surface area contributed by atoms with E-state index in [2.05, 4.69) is 15.6 Å². The van der Waals surface area contributed by atoms with Crippen LogP contribution in [0.1, 0.15) is 36.9 Å². The summed E-state index contributed by atoms with van der Waals surface area (Å²) in [6.45, 7) is 2.39. The second-order valence-corrected chi connectivity index (χ2v) is 7.59. The van der Waals surface area contributed by atoms with Gasteiger partial charge in [0.2, 0.25) is 5.91 Å². The molecule has 0 unspecified atom stereocenters. The normalized spacial score (nSPS) is 15.7. The molecule has 1 aliphatic rings. The van der Waals surface area contributed by atoms with Crippen molar-refractivity contribution >= 4 is 17.2 Å². The Morgan fingerprint density at radius 1 is 1.22 bits per heavy atom. The van der Waals surface area contributed by atoms with Crippen LogP contribution in [0.15, 0.2) is 29.6 Å². The first-order valence-corrected chi connectivity index (χ1v) is 9.89. The molecule has 27 heavy (non-hydrogen) atoms. The second kappa shape index (κ2) is 8.84. The van der Waals surface area contributed by atoms with Gasteiger partial charge in [0.05, 0.1) is 17.8 Å². The van der Waals surface area contributed by atoms with Gasteiger partial charge in [-0.05, 0) is 50.4 Å². The van der Waals surface area contributed by atoms with Crippen LogP contribution < -0.4 is 10.6 Å². The first-order valence-electron chi connectivity index (χ1n) is 9.01. The number of thiazole rings is 1. The third kappa shape index (κ3) is 5.77. The van der Waals surface area contributed by atoms with E-state index in [1.54, 1.807) is 0 Å². The third-order valence-electron chi connectivity index (χ3n) is 4.72. The Labute approximate surface area is 160 Å². The lowest BCUT2D eigenvalue weighted by atomic mass is 9.93. The number of hydrogen-bond acceptors (Lipinski definition) is 4. The van der Waals surface area contributed by atoms with Gasteiger partial charge in [0, 0.05) is 17.4 Å². The number of alkyl halides is 3. The highest BCUT2D eigenvalue weighted by Gasteiger charge is 2.30. The molecule has 0 saturated carbocycles. The number of nitrogens with one attached hydrogen (secondary N) is 2. The average molecular weight is 397 g/mol. The predicted molar refractivity (Wildman–Crippen MR) is 99.2 cm³/mol. The molecule has 1 saturated heterocycles. The standard InChI is InChI=1S/C19H22F3N3OS/c20-19(21,22)15-4-2-14(3-5-15)18-25-16(12-27-18)11-24-17(26)6-1-13-7-9-23-10-8-13/h2-5,12-13,23H,1,6-11H2,(H,24,26). The van der Waals surface area contributed by atoms with E-state index in [0.29, 0.717) is 35.1 Å². The minimum atomic E-state index is -4.34. The number of halogens is 3. The van der Waals surface area contributed by atoms with Gasteiger partial charge in [-0.15, -0.1) is 11.3 Å². The molecule has 1 aliphatic heterocycles. The SMILES string of the molecule is O=C(CCC1CCNCC1)NCc1csc(-c2ccc(C(F)(F)F)cc2)n1. The van der Waals surface area contributed by atoms with Crippen molar-refractivity contribution in [1.29, 1.82) is 0 Å². The smallest absolute Gasteiger partial charge is 0.350 e. The first-order chi connectivity index (χ1) is 12.9. The van der Waals surface area contributed by atoms with E-state index in [1.165, 1.54) is 23.5 Å². The van der Waals surface area contributed by atoms with E-state index in [0.717, 1.165) is 44.5 Å². The Morgan fingerprint density at radius 3 is 2.59 bits per heavy atom. The van der Waals surface area contributed by atoms with Gasteiger partial charge in [0.25, 0.3) is 0 Å². The Morgan fingerprint density at radius 2 is 1.93 bits per heavy atom. The minimum Gasteiger partial charge on any atom is -0.350 e. The zero-order valence-electron chi connectivity index (χ0n) is 14.8. The number of amides is 1. The molecule has 1 amide bonds. The Kier molecular flexibility index (Phi) is 6.49. The highest BCUT2D eigenvalue weighted by atomic mass is 32.1. The molecular formula is C19H22F3N3OS. The maximum Gasteiger partial charge on any atom is 0.416 e. The number of benzene rings is 1. The highest BCUT2D eigenvalue weighted by molar-refractivity contribution is 7.13. The summed E-state index contributed by atoms with van der Waals surface area (Å²) in [4.78, 5) is 16.4. The van der Waals surface area contributed by atoms with Crippen LogP contribution in [0.25, 0.3) is 10.6 Å². The Bertz CT molecular complexity index is 752. The summed E-state index contributed by atoms with van der Waals surface area (Å²) in [6.07, 6.45) is -0.682. The molecule has 0 bridgehead atoms. The fourth-order valence-corrected chi connectivity index (χ4v) is 3.93. The van der Waals surface area contributed by atoms with Crippen LogP contribution in [0.2, 0.25) is 0 Å². The van der Waals surface area contributed by atoms with Crippen LogP contribution in [0, 0.1) is 5.92 Å². The maximum absolute atomic E-state index is 12.6. The zero-order valence-corrected chi connectivity index (χ0v) is 15.6. The maximum atomic E-state index is 12.6. The van der Waals surface area contributed by atoms with Crippen LogP contribution >= 0.6 is 11.3 Å². The van der Waals surface area contributed by atoms with Gasteiger partial charge in [-0.1, -0.05) is 12.1 Å². The molecule has 0 radical (unpaired) electrons. The number of aromatic nitrogens is 1. The van der Waals surface area contributed by atoms with Crippen molar-refractivity contribution in [3.63, 3.8) is 0 Å². The van der Waals surface area contributed by atoms with Crippen LogP contribution in [0.4, 0.5) is 13.2 Å². The largest absolute Gasteiger partial charge is 0.416 e. The molecule has 0 aliphatic carbocycles. The quantitative estimate of drug-likeness (QED) is 0.767. The Balaban J connectivity index is 1.48. The summed E-state index contributed by atoms with van der Waals surface area (Å²) in [5.74, 6) is 0.625. The van der Waals surface area contributed by atoms with Gasteiger partial charge in [-0.2, -0.15) is 13.2 Å². The fraction of sp³-hybridized carbons (Fsp3) is 0.474. The van der Waals surface area contributed by atoms with Crippen molar-refractivity contribution in [2.75, 3.05) is 13.1 Å². The van der Waals surface area contributed by atoms with Gasteiger partial charge >= 0.3 is 6.18 Å². The minimum absolute atomic E-state index is 0.0117. The van der Waals surface area contributed by atoms with E-state index in [4.69, 9.17) is 0 Å². The molecule has 1 aromatic heterocycles. The lowest BCUT2D eigenvalue weighted by Gasteiger charge is -2.22. The van der Waals surface area contributed by atoms with E-state index in [-0.39, 0.29) is 5.91 Å². The summed E-state index contributed by atoms with van der Waals surface area (Å²) >= 11 is 1.35. The first kappa shape index (κ1) is 19.8. The summed E-state index contributed by atoms with van der Waals surface area (Å²) < 4.78 is 37.9. The van der Waals surface area contributed by atoms with Gasteiger partial charge in [-0.3, -0.25) is 4.79 Å². The van der Waals surface area contributed by atoms with E-state index in [9.17, 15) is 18.0 Å². The predicted octanol–water partition coefficient (Wildman–Crippen LogP) is 4.22. The third-order valence-corrected chi connectivity index (χ3v) is 5.66. The molecule has 0 spiro atoms. The molecule has 146 valence electrons. The Hall–Kier alpha value is -1.93. The lowest BCUT2D eigenvalue weighted by Crippen LogP contribution is -2.29. The van der Waals surface area contributed by atoms with Crippen LogP contribution in [0.5, 0.6) is 0 Å². The summed E-state index contributed by atoms with van der Waals surface area (Å²) in [7, 11) is 0. The van der Waals surface area contributed by atoms with E-state index < -0.39 is 11.7 Å². The number of carbonyl (C=O) groups excluding carboxylic acids is 1. The van der Waals surface area contributed by atoms with Gasteiger partial charge in [-0.25, -0.2) is 4.98 Å². The number of piperidine rings is 1.